The summed E-state index contributed by atoms with van der Waals surface area (Å²) < 4.78 is 0. The maximum Gasteiger partial charge on any atom is 0.179 e. The fourth-order valence-electron chi connectivity index (χ4n) is 6.66. The van der Waals surface area contributed by atoms with E-state index >= 15 is 0 Å². The van der Waals surface area contributed by atoms with E-state index in [0.29, 0.717) is 5.04 Å². The molecule has 1 atom stereocenters. The average molecular weight is 648 g/mol. The van der Waals surface area contributed by atoms with Crippen LogP contribution in [0.3, 0.4) is 0 Å². The SMILES string of the molecule is CCCCCCCCC(CCCCCCCC)(CCCCCCCC)[Si](C)(Cl)P([Si](C)(C)Cl)[Si](C)(C)Cl. The van der Waals surface area contributed by atoms with Gasteiger partial charge in [0, 0.05) is 0 Å². The summed E-state index contributed by atoms with van der Waals surface area (Å²) in [6, 6.07) is 0. The zero-order valence-corrected chi connectivity index (χ0v) is 32.6. The van der Waals surface area contributed by atoms with E-state index in [2.05, 4.69) is 53.5 Å². The summed E-state index contributed by atoms with van der Waals surface area (Å²) in [6.07, 6.45) is 28.6. The highest BCUT2D eigenvalue weighted by Crippen LogP contribution is 2.74. The molecular formula is C30H66Cl3PSi3. The second kappa shape index (κ2) is 20.8. The fraction of sp³-hybridized carbons (Fsp3) is 1.00. The minimum Gasteiger partial charge on any atom is -0.162 e. The van der Waals surface area contributed by atoms with Crippen LogP contribution in [0.15, 0.2) is 0 Å². The maximum atomic E-state index is 8.15. The molecule has 7 heteroatoms. The quantitative estimate of drug-likeness (QED) is 0.0400. The molecule has 0 bridgehead atoms. The van der Waals surface area contributed by atoms with Gasteiger partial charge in [-0.25, -0.2) is 0 Å². The van der Waals surface area contributed by atoms with Gasteiger partial charge in [0.1, 0.15) is 0 Å². The van der Waals surface area contributed by atoms with Gasteiger partial charge in [0.2, 0.25) is 0 Å². The number of hydrogen-bond donors (Lipinski definition) is 0. The van der Waals surface area contributed by atoms with Gasteiger partial charge < -0.3 is 0 Å². The van der Waals surface area contributed by atoms with Crippen LogP contribution in [0.25, 0.3) is 0 Å². The summed E-state index contributed by atoms with van der Waals surface area (Å²) in [4.78, 5) is 0. The molecule has 0 spiro atoms. The van der Waals surface area contributed by atoms with Crippen LogP contribution in [0, 0.1) is 0 Å². The molecule has 37 heavy (non-hydrogen) atoms. The van der Waals surface area contributed by atoms with E-state index in [-0.39, 0.29) is 0 Å². The molecule has 0 saturated heterocycles. The molecule has 0 aliphatic heterocycles. The van der Waals surface area contributed by atoms with Gasteiger partial charge in [-0.05, 0) is 24.3 Å². The molecule has 0 heterocycles. The van der Waals surface area contributed by atoms with E-state index in [1.165, 1.54) is 135 Å². The number of unbranched alkanes of at least 4 members (excludes halogenated alkanes) is 15. The Labute approximate surface area is 253 Å². The van der Waals surface area contributed by atoms with Gasteiger partial charge >= 0.3 is 0 Å². The third-order valence-electron chi connectivity index (χ3n) is 8.48. The lowest BCUT2D eigenvalue weighted by Gasteiger charge is -2.54. The molecule has 0 rings (SSSR count). The molecule has 0 aromatic heterocycles. The molecule has 0 aliphatic rings. The molecule has 0 aromatic carbocycles. The molecular weight excluding hydrogens is 582 g/mol. The lowest BCUT2D eigenvalue weighted by atomic mass is 9.88. The van der Waals surface area contributed by atoms with E-state index in [1.54, 1.807) is 0 Å². The Morgan fingerprint density at radius 1 is 0.432 bits per heavy atom. The van der Waals surface area contributed by atoms with Crippen molar-refractivity contribution in [2.45, 2.75) is 193 Å². The van der Waals surface area contributed by atoms with Crippen LogP contribution in [0.5, 0.6) is 0 Å². The van der Waals surface area contributed by atoms with E-state index in [1.807, 2.05) is 0 Å². The van der Waals surface area contributed by atoms with Crippen molar-refractivity contribution in [3.63, 3.8) is 0 Å². The lowest BCUT2D eigenvalue weighted by molar-refractivity contribution is 0.377. The van der Waals surface area contributed by atoms with Gasteiger partial charge in [-0.2, -0.15) is 33.2 Å². The number of rotatable bonds is 25. The van der Waals surface area contributed by atoms with Crippen LogP contribution in [0.1, 0.15) is 156 Å². The third kappa shape index (κ3) is 15.7. The third-order valence-corrected chi connectivity index (χ3v) is 66.0. The second-order valence-electron chi connectivity index (χ2n) is 12.9. The molecule has 0 aromatic rings. The zero-order valence-electron chi connectivity index (χ0n) is 26.4. The van der Waals surface area contributed by atoms with Crippen molar-refractivity contribution in [2.75, 3.05) is 0 Å². The first-order valence-corrected chi connectivity index (χ1v) is 31.6. The van der Waals surface area contributed by atoms with Crippen molar-refractivity contribution in [3.8, 4) is 0 Å². The van der Waals surface area contributed by atoms with Crippen LogP contribution in [0.4, 0.5) is 0 Å². The number of halogens is 3. The standard InChI is InChI=1S/C30H66Cl3PSi3/c1-9-12-15-18-21-24-27-30(28-25-22-19-16-13-10-2,29-26-23-20-17-14-11-3)37(8,33)34(35(4,5)31)36(6,7)32/h9-29H2,1-8H3. The highest BCUT2D eigenvalue weighted by atomic mass is 35.6. The molecule has 224 valence electrons. The van der Waals surface area contributed by atoms with Gasteiger partial charge in [0.15, 0.2) is 21.2 Å². The Kier molecular flexibility index (Phi) is 21.9. The molecule has 0 nitrogen and oxygen atoms in total. The van der Waals surface area contributed by atoms with Crippen LogP contribution >= 0.6 is 39.8 Å². The van der Waals surface area contributed by atoms with Crippen molar-refractivity contribution in [2.24, 2.45) is 0 Å². The van der Waals surface area contributed by atoms with Gasteiger partial charge in [-0.1, -0.05) is 176 Å². The first-order chi connectivity index (χ1) is 17.3. The van der Waals surface area contributed by atoms with Crippen molar-refractivity contribution in [1.82, 2.24) is 0 Å². The van der Waals surface area contributed by atoms with Gasteiger partial charge in [0.05, 0.1) is 0 Å². The summed E-state index contributed by atoms with van der Waals surface area (Å²) in [5.74, 6) is 0. The fourth-order valence-corrected chi connectivity index (χ4v) is 94.4. The molecule has 0 N–H and O–H groups in total. The van der Waals surface area contributed by atoms with Crippen molar-refractivity contribution in [1.29, 1.82) is 0 Å². The maximum absolute atomic E-state index is 8.15. The topological polar surface area (TPSA) is 0 Å². The van der Waals surface area contributed by atoms with Gasteiger partial charge in [-0.15, -0.1) is 0 Å². The summed E-state index contributed by atoms with van der Waals surface area (Å²) >= 11 is 22.9. The van der Waals surface area contributed by atoms with E-state index in [9.17, 15) is 0 Å². The summed E-state index contributed by atoms with van der Waals surface area (Å²) in [5, 5.41) is 0.304. The first kappa shape index (κ1) is 39.0. The zero-order chi connectivity index (χ0) is 28.4. The predicted octanol–water partition coefficient (Wildman–Crippen LogP) is 14.7. The normalized spacial score (nSPS) is 14.9. The van der Waals surface area contributed by atoms with Crippen molar-refractivity contribution < 1.29 is 0 Å². The molecule has 1 unspecified atom stereocenters. The lowest BCUT2D eigenvalue weighted by Crippen LogP contribution is -2.49. The Bertz CT molecular complexity index is 492. The van der Waals surface area contributed by atoms with Crippen LogP contribution in [0.2, 0.25) is 37.8 Å². The van der Waals surface area contributed by atoms with Gasteiger partial charge in [-0.3, -0.25) is 0 Å². The molecule has 0 fully saturated rings. The molecule has 0 saturated carbocycles. The summed E-state index contributed by atoms with van der Waals surface area (Å²) in [6.45, 7) is 18.5. The number of hydrogen-bond acceptors (Lipinski definition) is 0. The highest BCUT2D eigenvalue weighted by molar-refractivity contribution is 8.46. The smallest absolute Gasteiger partial charge is 0.162 e. The highest BCUT2D eigenvalue weighted by Gasteiger charge is 2.61. The van der Waals surface area contributed by atoms with Crippen LogP contribution < -0.4 is 0 Å². The van der Waals surface area contributed by atoms with E-state index < -0.39 is 27.7 Å². The largest absolute Gasteiger partial charge is 0.179 e. The average Bonchev–Trinajstić information content (AvgIpc) is 2.77. The van der Waals surface area contributed by atoms with E-state index in [4.69, 9.17) is 33.2 Å². The van der Waals surface area contributed by atoms with E-state index in [0.717, 1.165) is 0 Å². The first-order valence-electron chi connectivity index (χ1n) is 16.2. The Hall–Kier alpha value is 1.95. The van der Waals surface area contributed by atoms with Crippen molar-refractivity contribution >= 4 is 61.0 Å². The monoisotopic (exact) mass is 646 g/mol. The summed E-state index contributed by atoms with van der Waals surface area (Å²) in [7, 11) is -6.14. The van der Waals surface area contributed by atoms with Crippen LogP contribution in [-0.4, -0.2) is 21.2 Å². The predicted molar refractivity (Wildman–Crippen MR) is 188 cm³/mol. The Morgan fingerprint density at radius 2 is 0.676 bits per heavy atom. The molecule has 0 amide bonds. The molecule has 0 radical (unpaired) electrons. The van der Waals surface area contributed by atoms with Gasteiger partial charge in [0.25, 0.3) is 0 Å². The van der Waals surface area contributed by atoms with Crippen LogP contribution in [-0.2, 0) is 0 Å². The Balaban J connectivity index is 5.98. The van der Waals surface area contributed by atoms with Crippen molar-refractivity contribution in [3.05, 3.63) is 0 Å². The Morgan fingerprint density at radius 3 is 0.919 bits per heavy atom. The molecule has 0 aliphatic carbocycles. The second-order valence-corrected chi connectivity index (χ2v) is 50.0. The minimum absolute atomic E-state index is 0.304. The minimum atomic E-state index is -2.21. The summed E-state index contributed by atoms with van der Waals surface area (Å²) in [5.41, 5.74) is 0.